The second-order valence-corrected chi connectivity index (χ2v) is 10.00. The molecule has 0 aliphatic heterocycles. The summed E-state index contributed by atoms with van der Waals surface area (Å²) in [7, 11) is 0. The van der Waals surface area contributed by atoms with Gasteiger partial charge in [-0.15, -0.1) is 0 Å². The van der Waals surface area contributed by atoms with Crippen molar-refractivity contribution in [2.45, 2.75) is 59.2 Å². The number of rotatable bonds is 6. The van der Waals surface area contributed by atoms with Gasteiger partial charge in [0.2, 0.25) is 0 Å². The van der Waals surface area contributed by atoms with Gasteiger partial charge in [-0.25, -0.2) is 0 Å². The van der Waals surface area contributed by atoms with Crippen molar-refractivity contribution in [1.29, 1.82) is 0 Å². The van der Waals surface area contributed by atoms with Crippen LogP contribution in [0.5, 0.6) is 0 Å². The summed E-state index contributed by atoms with van der Waals surface area (Å²) >= 11 is 0. The lowest BCUT2D eigenvalue weighted by molar-refractivity contribution is -0.137. The van der Waals surface area contributed by atoms with E-state index in [2.05, 4.69) is 32.9 Å². The Hall–Kier alpha value is -3.08. The first-order valence-electron chi connectivity index (χ1n) is 11.5. The number of carbonyl (C=O) groups is 1. The molecule has 3 aromatic rings. The molecule has 0 atom stereocenters. The lowest BCUT2D eigenvalue weighted by Gasteiger charge is -2.25. The molecule has 0 radical (unpaired) electrons. The molecule has 0 saturated carbocycles. The first-order chi connectivity index (χ1) is 15.8. The van der Waals surface area contributed by atoms with E-state index in [0.29, 0.717) is 30.6 Å². The number of halogens is 3. The molecule has 1 amide bonds. The van der Waals surface area contributed by atoms with Gasteiger partial charge in [0.1, 0.15) is 0 Å². The molecule has 34 heavy (non-hydrogen) atoms. The number of alkyl halides is 3. The zero-order valence-electron chi connectivity index (χ0n) is 20.5. The van der Waals surface area contributed by atoms with Crippen LogP contribution in [0.25, 0.3) is 0 Å². The number of nitrogens with zero attached hydrogens (tertiary/aromatic N) is 1. The van der Waals surface area contributed by atoms with E-state index in [1.165, 1.54) is 11.6 Å². The third-order valence-electron chi connectivity index (χ3n) is 5.87. The van der Waals surface area contributed by atoms with Crippen molar-refractivity contribution < 1.29 is 18.0 Å². The van der Waals surface area contributed by atoms with Gasteiger partial charge in [-0.1, -0.05) is 80.4 Å². The van der Waals surface area contributed by atoms with Gasteiger partial charge in [-0.2, -0.15) is 13.2 Å². The summed E-state index contributed by atoms with van der Waals surface area (Å²) < 4.78 is 39.4. The smallest absolute Gasteiger partial charge is 0.334 e. The summed E-state index contributed by atoms with van der Waals surface area (Å²) in [6, 6.07) is 19.2. The maximum atomic E-state index is 13.5. The molecule has 0 N–H and O–H groups in total. The van der Waals surface area contributed by atoms with Crippen LogP contribution in [0.3, 0.4) is 0 Å². The van der Waals surface area contributed by atoms with Crippen molar-refractivity contribution in [3.8, 4) is 0 Å². The summed E-state index contributed by atoms with van der Waals surface area (Å²) in [5.41, 5.74) is 4.67. The average molecular weight is 468 g/mol. The number of aryl methyl sites for hydroxylation is 2. The molecule has 5 heteroatoms. The Labute approximate surface area is 200 Å². The summed E-state index contributed by atoms with van der Waals surface area (Å²) in [6.07, 6.45) is -4.06. The predicted octanol–water partition coefficient (Wildman–Crippen LogP) is 7.50. The fourth-order valence-electron chi connectivity index (χ4n) is 4.03. The predicted molar refractivity (Wildman–Crippen MR) is 131 cm³/mol. The van der Waals surface area contributed by atoms with E-state index < -0.39 is 11.7 Å². The minimum absolute atomic E-state index is 0.0244. The van der Waals surface area contributed by atoms with Crippen LogP contribution in [0.15, 0.2) is 66.7 Å². The number of carbonyl (C=O) groups excluding carboxylic acids is 1. The van der Waals surface area contributed by atoms with Crippen LogP contribution in [-0.2, 0) is 24.6 Å². The maximum Gasteiger partial charge on any atom is 0.416 e. The SMILES string of the molecule is Cc1cc(C)cc(C(=O)N(CCc2cccc(C(F)(F)F)c2)Cc2ccc(C(C)(C)C)cc2)c1. The number of hydrogen-bond acceptors (Lipinski definition) is 1. The number of benzene rings is 3. The molecule has 0 fully saturated rings. The van der Waals surface area contributed by atoms with Gasteiger partial charge in [0, 0.05) is 18.7 Å². The molecule has 0 unspecified atom stereocenters. The molecule has 2 nitrogen and oxygen atoms in total. The third-order valence-corrected chi connectivity index (χ3v) is 5.87. The van der Waals surface area contributed by atoms with E-state index in [1.807, 2.05) is 44.2 Å². The van der Waals surface area contributed by atoms with E-state index in [-0.39, 0.29) is 11.3 Å². The number of amides is 1. The normalized spacial score (nSPS) is 12.0. The minimum Gasteiger partial charge on any atom is -0.334 e. The Kier molecular flexibility index (Phi) is 7.54. The van der Waals surface area contributed by atoms with Crippen molar-refractivity contribution in [2.24, 2.45) is 0 Å². The maximum absolute atomic E-state index is 13.5. The third kappa shape index (κ3) is 6.72. The molecule has 3 rings (SSSR count). The van der Waals surface area contributed by atoms with Crippen LogP contribution in [0, 0.1) is 13.8 Å². The van der Waals surface area contributed by atoms with Gasteiger partial charge < -0.3 is 4.90 Å². The molecule has 0 aliphatic rings. The van der Waals surface area contributed by atoms with Gasteiger partial charge in [0.25, 0.3) is 5.91 Å². The van der Waals surface area contributed by atoms with Crippen LogP contribution >= 0.6 is 0 Å². The van der Waals surface area contributed by atoms with Crippen LogP contribution in [0.1, 0.15) is 64.5 Å². The van der Waals surface area contributed by atoms with Crippen LogP contribution in [-0.4, -0.2) is 17.4 Å². The highest BCUT2D eigenvalue weighted by Gasteiger charge is 2.30. The quantitative estimate of drug-likeness (QED) is 0.367. The highest BCUT2D eigenvalue weighted by Crippen LogP contribution is 2.30. The van der Waals surface area contributed by atoms with Crippen molar-refractivity contribution in [2.75, 3.05) is 6.54 Å². The van der Waals surface area contributed by atoms with Gasteiger partial charge in [0.15, 0.2) is 0 Å². The molecule has 0 bridgehead atoms. The highest BCUT2D eigenvalue weighted by molar-refractivity contribution is 5.94. The first-order valence-corrected chi connectivity index (χ1v) is 11.5. The fraction of sp³-hybridized carbons (Fsp3) is 0.345. The lowest BCUT2D eigenvalue weighted by atomic mass is 9.87. The molecular formula is C29H32F3NO. The van der Waals surface area contributed by atoms with Crippen LogP contribution < -0.4 is 0 Å². The molecule has 0 spiro atoms. The zero-order chi connectivity index (χ0) is 25.1. The summed E-state index contributed by atoms with van der Waals surface area (Å²) in [4.78, 5) is 15.2. The van der Waals surface area contributed by atoms with Gasteiger partial charge in [0.05, 0.1) is 5.56 Å². The molecule has 0 aliphatic carbocycles. The second kappa shape index (κ2) is 10.0. The van der Waals surface area contributed by atoms with Crippen molar-refractivity contribution in [3.05, 3.63) is 106 Å². The van der Waals surface area contributed by atoms with E-state index in [9.17, 15) is 18.0 Å². The van der Waals surface area contributed by atoms with Crippen molar-refractivity contribution in [3.63, 3.8) is 0 Å². The second-order valence-electron chi connectivity index (χ2n) is 10.00. The Morgan fingerprint density at radius 3 is 1.97 bits per heavy atom. The summed E-state index contributed by atoms with van der Waals surface area (Å²) in [6.45, 7) is 11.0. The molecule has 180 valence electrons. The lowest BCUT2D eigenvalue weighted by Crippen LogP contribution is -2.32. The van der Waals surface area contributed by atoms with Crippen molar-refractivity contribution in [1.82, 2.24) is 4.90 Å². The van der Waals surface area contributed by atoms with E-state index in [1.54, 1.807) is 11.0 Å². The Morgan fingerprint density at radius 1 is 0.794 bits per heavy atom. The number of hydrogen-bond donors (Lipinski definition) is 0. The first kappa shape index (κ1) is 25.5. The standard InChI is InChI=1S/C29H32F3NO/c1-20-15-21(2)17-24(16-20)27(34)33(19-23-9-11-25(12-10-23)28(3,4)5)14-13-22-7-6-8-26(18-22)29(30,31)32/h6-12,15-18H,13-14,19H2,1-5H3. The summed E-state index contributed by atoms with van der Waals surface area (Å²) in [5.74, 6) is -0.126. The zero-order valence-corrected chi connectivity index (χ0v) is 20.5. The van der Waals surface area contributed by atoms with E-state index >= 15 is 0 Å². The monoisotopic (exact) mass is 467 g/mol. The Bertz CT molecular complexity index is 1120. The molecule has 3 aromatic carbocycles. The fourth-order valence-corrected chi connectivity index (χ4v) is 4.03. The summed E-state index contributed by atoms with van der Waals surface area (Å²) in [5, 5.41) is 0. The largest absolute Gasteiger partial charge is 0.416 e. The van der Waals surface area contributed by atoms with Gasteiger partial charge >= 0.3 is 6.18 Å². The molecule has 0 heterocycles. The Balaban J connectivity index is 1.86. The van der Waals surface area contributed by atoms with E-state index in [4.69, 9.17) is 0 Å². The highest BCUT2D eigenvalue weighted by atomic mass is 19.4. The van der Waals surface area contributed by atoms with Gasteiger partial charge in [-0.05, 0) is 60.6 Å². The topological polar surface area (TPSA) is 20.3 Å². The molecule has 0 aromatic heterocycles. The Morgan fingerprint density at radius 2 is 1.41 bits per heavy atom. The van der Waals surface area contributed by atoms with E-state index in [0.717, 1.165) is 28.8 Å². The minimum atomic E-state index is -4.39. The van der Waals surface area contributed by atoms with Crippen molar-refractivity contribution >= 4 is 5.91 Å². The molecular weight excluding hydrogens is 435 g/mol. The van der Waals surface area contributed by atoms with Crippen LogP contribution in [0.2, 0.25) is 0 Å². The average Bonchev–Trinajstić information content (AvgIpc) is 2.75. The molecule has 0 saturated heterocycles. The van der Waals surface area contributed by atoms with Gasteiger partial charge in [-0.3, -0.25) is 4.79 Å². The van der Waals surface area contributed by atoms with Crippen LogP contribution in [0.4, 0.5) is 13.2 Å².